The Hall–Kier alpha value is -3.66. The number of methoxy groups -OCH3 is 1. The summed E-state index contributed by atoms with van der Waals surface area (Å²) in [6.07, 6.45) is 3.87. The number of sulfonamides is 1. The van der Waals surface area contributed by atoms with E-state index < -0.39 is 21.3 Å². The number of hydrogen-bond acceptors (Lipinski definition) is 6. The monoisotopic (exact) mass is 496 g/mol. The largest absolute Gasteiger partial charge is 0.496 e. The molecule has 2 aromatic carbocycles. The summed E-state index contributed by atoms with van der Waals surface area (Å²) in [7, 11) is -1.81. The molecule has 0 fully saturated rings. The van der Waals surface area contributed by atoms with E-state index in [-0.39, 0.29) is 5.41 Å². The van der Waals surface area contributed by atoms with Crippen LogP contribution in [-0.2, 0) is 21.9 Å². The van der Waals surface area contributed by atoms with Gasteiger partial charge in [0.05, 0.1) is 24.8 Å². The van der Waals surface area contributed by atoms with Gasteiger partial charge in [-0.25, -0.2) is 18.0 Å². The van der Waals surface area contributed by atoms with Crippen LogP contribution >= 0.6 is 0 Å². The van der Waals surface area contributed by atoms with Crippen LogP contribution in [0.2, 0.25) is 0 Å². The van der Waals surface area contributed by atoms with Gasteiger partial charge in [0.25, 0.3) is 5.56 Å². The van der Waals surface area contributed by atoms with Crippen LogP contribution in [0.5, 0.6) is 5.75 Å². The normalized spacial score (nSPS) is 14.7. The fraction of sp³-hybridized carbons (Fsp3) is 0.320. The predicted octanol–water partition coefficient (Wildman–Crippen LogP) is 2.70. The molecule has 0 aliphatic heterocycles. The van der Waals surface area contributed by atoms with Crippen molar-refractivity contribution in [3.63, 3.8) is 0 Å². The third kappa shape index (κ3) is 5.07. The lowest BCUT2D eigenvalue weighted by Gasteiger charge is -2.26. The highest BCUT2D eigenvalue weighted by molar-refractivity contribution is 7.88. The molecule has 0 atom stereocenters. The molecule has 1 aliphatic carbocycles. The first-order valence-corrected chi connectivity index (χ1v) is 13.0. The van der Waals surface area contributed by atoms with E-state index in [1.807, 2.05) is 30.3 Å². The average molecular weight is 497 g/mol. The molecule has 0 amide bonds. The first kappa shape index (κ1) is 24.5. The standard InChI is InChI=1S/C25H28N4O5S/c1-25(2,3)20-14-17(29-11-10-22(30)26-24(29)31)13-19(23(20)34-4)16-6-8-18-15(12-16)7-9-21(18)27-28-35(5,32)33/h6,8,10-14,28H,7,9H2,1-5H3,(H,26,30,31)/b27-21-. The van der Waals surface area contributed by atoms with E-state index in [4.69, 9.17) is 4.74 Å². The average Bonchev–Trinajstić information content (AvgIpc) is 3.18. The van der Waals surface area contributed by atoms with Crippen molar-refractivity contribution in [2.45, 2.75) is 39.0 Å². The van der Waals surface area contributed by atoms with Crippen molar-refractivity contribution >= 4 is 15.7 Å². The zero-order valence-electron chi connectivity index (χ0n) is 20.3. The Morgan fingerprint density at radius 3 is 2.43 bits per heavy atom. The van der Waals surface area contributed by atoms with E-state index in [0.29, 0.717) is 23.6 Å². The first-order chi connectivity index (χ1) is 16.4. The maximum atomic E-state index is 12.5. The maximum Gasteiger partial charge on any atom is 0.332 e. The summed E-state index contributed by atoms with van der Waals surface area (Å²) < 4.78 is 30.1. The molecule has 184 valence electrons. The number of H-pyrrole nitrogens is 1. The Morgan fingerprint density at radius 2 is 1.80 bits per heavy atom. The molecule has 9 nitrogen and oxygen atoms in total. The summed E-state index contributed by atoms with van der Waals surface area (Å²) in [5, 5.41) is 4.08. The van der Waals surface area contributed by atoms with Gasteiger partial charge in [0, 0.05) is 29.0 Å². The van der Waals surface area contributed by atoms with Crippen molar-refractivity contribution in [3.05, 3.63) is 80.1 Å². The van der Waals surface area contributed by atoms with Gasteiger partial charge in [-0.1, -0.05) is 39.0 Å². The fourth-order valence-corrected chi connectivity index (χ4v) is 4.53. The fourth-order valence-electron chi connectivity index (χ4n) is 4.26. The molecule has 2 N–H and O–H groups in total. The second-order valence-electron chi connectivity index (χ2n) is 9.60. The van der Waals surface area contributed by atoms with Gasteiger partial charge in [0.15, 0.2) is 0 Å². The maximum absolute atomic E-state index is 12.5. The van der Waals surface area contributed by atoms with Gasteiger partial charge in [-0.3, -0.25) is 14.3 Å². The van der Waals surface area contributed by atoms with Crippen LogP contribution < -0.4 is 20.8 Å². The molecule has 35 heavy (non-hydrogen) atoms. The molecule has 1 heterocycles. The lowest BCUT2D eigenvalue weighted by molar-refractivity contribution is 0.399. The Balaban J connectivity index is 1.90. The number of aromatic amines is 1. The highest BCUT2D eigenvalue weighted by Crippen LogP contribution is 2.42. The number of rotatable bonds is 5. The third-order valence-electron chi connectivity index (χ3n) is 5.89. The van der Waals surface area contributed by atoms with E-state index >= 15 is 0 Å². The summed E-state index contributed by atoms with van der Waals surface area (Å²) >= 11 is 0. The van der Waals surface area contributed by atoms with Crippen molar-refractivity contribution in [2.24, 2.45) is 5.10 Å². The second-order valence-corrected chi connectivity index (χ2v) is 11.3. The summed E-state index contributed by atoms with van der Waals surface area (Å²) in [6.45, 7) is 6.19. The topological polar surface area (TPSA) is 123 Å². The van der Waals surface area contributed by atoms with Crippen LogP contribution in [-0.4, -0.2) is 37.0 Å². The minimum atomic E-state index is -3.43. The zero-order chi connectivity index (χ0) is 25.5. The molecular formula is C25H28N4O5S. The highest BCUT2D eigenvalue weighted by atomic mass is 32.2. The van der Waals surface area contributed by atoms with Crippen LogP contribution in [0, 0.1) is 0 Å². The number of fused-ring (bicyclic) bond motifs is 1. The van der Waals surface area contributed by atoms with Gasteiger partial charge in [0.2, 0.25) is 10.0 Å². The van der Waals surface area contributed by atoms with E-state index in [1.165, 1.54) is 16.8 Å². The molecule has 0 saturated heterocycles. The number of nitrogens with zero attached hydrogens (tertiary/aromatic N) is 2. The quantitative estimate of drug-likeness (QED) is 0.526. The number of aryl methyl sites for hydroxylation is 1. The number of benzene rings is 2. The molecule has 0 spiro atoms. The van der Waals surface area contributed by atoms with E-state index in [1.54, 1.807) is 7.11 Å². The summed E-state index contributed by atoms with van der Waals surface area (Å²) in [4.78, 5) is 28.6. The van der Waals surface area contributed by atoms with Crippen LogP contribution in [0.15, 0.2) is 57.3 Å². The lowest BCUT2D eigenvalue weighted by atomic mass is 9.83. The molecule has 4 rings (SSSR count). The molecule has 0 bridgehead atoms. The Morgan fingerprint density at radius 1 is 1.06 bits per heavy atom. The molecular weight excluding hydrogens is 468 g/mol. The summed E-state index contributed by atoms with van der Waals surface area (Å²) in [5.74, 6) is 0.698. The SMILES string of the molecule is COc1c(-c2ccc3c(c2)CC/C3=N/NS(C)(=O)=O)cc(-n2ccc(=O)[nH]c2=O)cc1C(C)(C)C. The van der Waals surface area contributed by atoms with Gasteiger partial charge >= 0.3 is 5.69 Å². The summed E-state index contributed by atoms with van der Waals surface area (Å²) in [6, 6.07) is 11.0. The van der Waals surface area contributed by atoms with Gasteiger partial charge in [0.1, 0.15) is 5.75 Å². The van der Waals surface area contributed by atoms with Gasteiger partial charge < -0.3 is 4.74 Å². The second kappa shape index (κ2) is 8.84. The molecule has 0 unspecified atom stereocenters. The number of hydrogen-bond donors (Lipinski definition) is 2. The zero-order valence-corrected chi connectivity index (χ0v) is 21.1. The Kier molecular flexibility index (Phi) is 6.18. The van der Waals surface area contributed by atoms with Gasteiger partial charge in [-0.05, 0) is 41.5 Å². The van der Waals surface area contributed by atoms with E-state index in [2.05, 4.69) is 35.7 Å². The van der Waals surface area contributed by atoms with Gasteiger partial charge in [-0.2, -0.15) is 5.10 Å². The minimum absolute atomic E-state index is 0.296. The van der Waals surface area contributed by atoms with E-state index in [0.717, 1.165) is 40.5 Å². The van der Waals surface area contributed by atoms with Crippen molar-refractivity contribution < 1.29 is 13.2 Å². The van der Waals surface area contributed by atoms with Crippen molar-refractivity contribution in [2.75, 3.05) is 13.4 Å². The smallest absolute Gasteiger partial charge is 0.332 e. The van der Waals surface area contributed by atoms with Crippen molar-refractivity contribution in [1.29, 1.82) is 0 Å². The summed E-state index contributed by atoms with van der Waals surface area (Å²) in [5.41, 5.74) is 4.55. The molecule has 1 aromatic heterocycles. The number of aromatic nitrogens is 2. The van der Waals surface area contributed by atoms with Gasteiger partial charge in [-0.15, -0.1) is 0 Å². The Bertz CT molecular complexity index is 1560. The molecule has 1 aliphatic rings. The molecule has 3 aromatic rings. The first-order valence-electron chi connectivity index (χ1n) is 11.1. The van der Waals surface area contributed by atoms with Crippen LogP contribution in [0.4, 0.5) is 0 Å². The number of hydrazone groups is 1. The molecule has 0 radical (unpaired) electrons. The minimum Gasteiger partial charge on any atom is -0.496 e. The number of ether oxygens (including phenoxy) is 1. The van der Waals surface area contributed by atoms with Crippen molar-refractivity contribution in [1.82, 2.24) is 14.4 Å². The van der Waals surface area contributed by atoms with Crippen LogP contribution in [0.25, 0.3) is 16.8 Å². The Labute approximate surface area is 203 Å². The predicted molar refractivity (Wildman–Crippen MR) is 136 cm³/mol. The highest BCUT2D eigenvalue weighted by Gasteiger charge is 2.25. The van der Waals surface area contributed by atoms with Crippen LogP contribution in [0.1, 0.15) is 43.9 Å². The van der Waals surface area contributed by atoms with E-state index in [9.17, 15) is 18.0 Å². The molecule has 0 saturated carbocycles. The third-order valence-corrected chi connectivity index (χ3v) is 6.32. The number of nitrogens with one attached hydrogen (secondary N) is 2. The molecule has 10 heteroatoms. The lowest BCUT2D eigenvalue weighted by Crippen LogP contribution is -2.27. The van der Waals surface area contributed by atoms with Crippen LogP contribution in [0.3, 0.4) is 0 Å². The van der Waals surface area contributed by atoms with Crippen molar-refractivity contribution in [3.8, 4) is 22.6 Å².